The van der Waals surface area contributed by atoms with Crippen LogP contribution in [0, 0.1) is 5.82 Å². The van der Waals surface area contributed by atoms with E-state index in [2.05, 4.69) is 0 Å². The van der Waals surface area contributed by atoms with E-state index in [-0.39, 0.29) is 17.4 Å². The third kappa shape index (κ3) is 2.95. The van der Waals surface area contributed by atoms with E-state index < -0.39 is 11.8 Å². The minimum absolute atomic E-state index is 0.105. The predicted molar refractivity (Wildman–Crippen MR) is 60.6 cm³/mol. The number of nitrogens with two attached hydrogens (primary N) is 1. The minimum Gasteiger partial charge on any atom is -0.459 e. The molecular formula is C12H16FNO2. The van der Waals surface area contributed by atoms with Crippen LogP contribution in [0.2, 0.25) is 0 Å². The molecule has 1 rings (SSSR count). The van der Waals surface area contributed by atoms with E-state index in [1.54, 1.807) is 6.92 Å². The molecule has 0 fully saturated rings. The average Bonchev–Trinajstić information content (AvgIpc) is 2.17. The number of esters is 1. The quantitative estimate of drug-likeness (QED) is 0.633. The van der Waals surface area contributed by atoms with Crippen molar-refractivity contribution in [1.82, 2.24) is 0 Å². The second kappa shape index (κ2) is 5.49. The maximum Gasteiger partial charge on any atom is 0.343 e. The van der Waals surface area contributed by atoms with Gasteiger partial charge in [-0.25, -0.2) is 9.18 Å². The Morgan fingerprint density at radius 1 is 1.56 bits per heavy atom. The zero-order valence-electron chi connectivity index (χ0n) is 9.50. The van der Waals surface area contributed by atoms with Gasteiger partial charge in [-0.1, -0.05) is 19.4 Å². The van der Waals surface area contributed by atoms with Crippen LogP contribution < -0.4 is 5.73 Å². The normalized spacial score (nSPS) is 12.2. The molecule has 16 heavy (non-hydrogen) atoms. The van der Waals surface area contributed by atoms with Gasteiger partial charge in [-0.05, 0) is 25.5 Å². The Labute approximate surface area is 94.4 Å². The van der Waals surface area contributed by atoms with Gasteiger partial charge in [-0.2, -0.15) is 0 Å². The van der Waals surface area contributed by atoms with Crippen LogP contribution in [0.15, 0.2) is 18.2 Å². The fourth-order valence-electron chi connectivity index (χ4n) is 1.46. The van der Waals surface area contributed by atoms with Crippen LogP contribution in [0.4, 0.5) is 10.1 Å². The highest BCUT2D eigenvalue weighted by molar-refractivity contribution is 5.95. The molecule has 1 aromatic carbocycles. The average molecular weight is 225 g/mol. The molecule has 1 aromatic rings. The summed E-state index contributed by atoms with van der Waals surface area (Å²) in [4.78, 5) is 11.6. The van der Waals surface area contributed by atoms with Gasteiger partial charge in [-0.15, -0.1) is 0 Å². The molecule has 0 aliphatic heterocycles. The largest absolute Gasteiger partial charge is 0.459 e. The maximum atomic E-state index is 13.4. The minimum atomic E-state index is -0.698. The molecule has 88 valence electrons. The number of halogens is 1. The van der Waals surface area contributed by atoms with Crippen molar-refractivity contribution in [3.05, 3.63) is 29.6 Å². The first kappa shape index (κ1) is 12.5. The van der Waals surface area contributed by atoms with Gasteiger partial charge in [0.15, 0.2) is 0 Å². The second-order valence-corrected chi connectivity index (χ2v) is 3.71. The zero-order valence-corrected chi connectivity index (χ0v) is 9.50. The smallest absolute Gasteiger partial charge is 0.343 e. The molecule has 0 saturated heterocycles. The van der Waals surface area contributed by atoms with Crippen molar-refractivity contribution in [2.45, 2.75) is 32.8 Å². The zero-order chi connectivity index (χ0) is 12.1. The van der Waals surface area contributed by atoms with Crippen LogP contribution in [-0.4, -0.2) is 12.1 Å². The van der Waals surface area contributed by atoms with Crippen LogP contribution >= 0.6 is 0 Å². The van der Waals surface area contributed by atoms with Gasteiger partial charge in [0.1, 0.15) is 11.4 Å². The summed E-state index contributed by atoms with van der Waals surface area (Å²) in [6.45, 7) is 3.76. The molecule has 0 aliphatic rings. The predicted octanol–water partition coefficient (Wildman–Crippen LogP) is 2.75. The fraction of sp³-hybridized carbons (Fsp3) is 0.417. The third-order valence-corrected chi connectivity index (χ3v) is 2.25. The van der Waals surface area contributed by atoms with Crippen LogP contribution in [0.3, 0.4) is 0 Å². The monoisotopic (exact) mass is 225 g/mol. The summed E-state index contributed by atoms with van der Waals surface area (Å²) in [5.41, 5.74) is 5.46. The first-order chi connectivity index (χ1) is 7.56. The Hall–Kier alpha value is -1.58. The van der Waals surface area contributed by atoms with Gasteiger partial charge in [0.25, 0.3) is 0 Å². The van der Waals surface area contributed by atoms with Crippen molar-refractivity contribution >= 4 is 11.7 Å². The van der Waals surface area contributed by atoms with Gasteiger partial charge in [0.05, 0.1) is 6.10 Å². The van der Waals surface area contributed by atoms with Gasteiger partial charge in [0, 0.05) is 5.69 Å². The van der Waals surface area contributed by atoms with Crippen molar-refractivity contribution in [3.63, 3.8) is 0 Å². The molecule has 0 bridgehead atoms. The fourth-order valence-corrected chi connectivity index (χ4v) is 1.46. The molecule has 0 heterocycles. The molecule has 0 amide bonds. The molecule has 0 aromatic heterocycles. The van der Waals surface area contributed by atoms with E-state index >= 15 is 0 Å². The lowest BCUT2D eigenvalue weighted by atomic mass is 10.1. The lowest BCUT2D eigenvalue weighted by Crippen LogP contribution is -2.17. The lowest BCUT2D eigenvalue weighted by molar-refractivity contribution is 0.0319. The molecule has 1 atom stereocenters. The highest BCUT2D eigenvalue weighted by atomic mass is 19.1. The number of anilines is 1. The molecular weight excluding hydrogens is 209 g/mol. The van der Waals surface area contributed by atoms with Crippen molar-refractivity contribution in [1.29, 1.82) is 0 Å². The van der Waals surface area contributed by atoms with Crippen LogP contribution in [0.25, 0.3) is 0 Å². The van der Waals surface area contributed by atoms with E-state index in [1.807, 2.05) is 6.92 Å². The van der Waals surface area contributed by atoms with E-state index in [0.717, 1.165) is 12.8 Å². The van der Waals surface area contributed by atoms with Crippen LogP contribution in [0.5, 0.6) is 0 Å². The summed E-state index contributed by atoms with van der Waals surface area (Å²) in [6.07, 6.45) is 1.43. The van der Waals surface area contributed by atoms with Crippen molar-refractivity contribution in [3.8, 4) is 0 Å². The molecule has 0 aliphatic carbocycles. The molecule has 4 heteroatoms. The van der Waals surface area contributed by atoms with E-state index in [0.29, 0.717) is 0 Å². The molecule has 3 nitrogen and oxygen atoms in total. The lowest BCUT2D eigenvalue weighted by Gasteiger charge is -2.13. The maximum absolute atomic E-state index is 13.4. The van der Waals surface area contributed by atoms with Crippen molar-refractivity contribution in [2.24, 2.45) is 0 Å². The molecule has 2 N–H and O–H groups in total. The summed E-state index contributed by atoms with van der Waals surface area (Å²) in [5.74, 6) is -1.34. The first-order valence-electron chi connectivity index (χ1n) is 5.31. The Balaban J connectivity index is 2.80. The van der Waals surface area contributed by atoms with Crippen LogP contribution in [0.1, 0.15) is 37.0 Å². The Morgan fingerprint density at radius 2 is 2.25 bits per heavy atom. The Kier molecular flexibility index (Phi) is 4.28. The molecule has 0 saturated carbocycles. The van der Waals surface area contributed by atoms with Gasteiger partial charge in [-0.3, -0.25) is 0 Å². The van der Waals surface area contributed by atoms with E-state index in [9.17, 15) is 9.18 Å². The van der Waals surface area contributed by atoms with E-state index in [1.165, 1.54) is 18.2 Å². The van der Waals surface area contributed by atoms with Crippen molar-refractivity contribution < 1.29 is 13.9 Å². The number of rotatable bonds is 4. The number of hydrogen-bond donors (Lipinski definition) is 1. The number of nitrogen functional groups attached to an aromatic ring is 1. The SMILES string of the molecule is CCCC(C)OC(=O)c1c(N)cccc1F. The summed E-state index contributed by atoms with van der Waals surface area (Å²) >= 11 is 0. The summed E-state index contributed by atoms with van der Waals surface area (Å²) in [7, 11) is 0. The van der Waals surface area contributed by atoms with Gasteiger partial charge in [0.2, 0.25) is 0 Å². The number of ether oxygens (including phenoxy) is 1. The Bertz CT molecular complexity index is 359. The highest BCUT2D eigenvalue weighted by Gasteiger charge is 2.18. The number of carbonyl (C=O) groups excluding carboxylic acids is 1. The van der Waals surface area contributed by atoms with Gasteiger partial charge >= 0.3 is 5.97 Å². The topological polar surface area (TPSA) is 52.3 Å². The Morgan fingerprint density at radius 3 is 2.81 bits per heavy atom. The molecule has 0 spiro atoms. The van der Waals surface area contributed by atoms with Crippen molar-refractivity contribution in [2.75, 3.05) is 5.73 Å². The first-order valence-corrected chi connectivity index (χ1v) is 5.31. The highest BCUT2D eigenvalue weighted by Crippen LogP contribution is 2.18. The second-order valence-electron chi connectivity index (χ2n) is 3.71. The third-order valence-electron chi connectivity index (χ3n) is 2.25. The molecule has 1 unspecified atom stereocenters. The standard InChI is InChI=1S/C12H16FNO2/c1-3-5-8(2)16-12(15)11-9(13)6-4-7-10(11)14/h4,6-8H,3,5,14H2,1-2H3. The summed E-state index contributed by atoms with van der Waals surface area (Å²) in [5, 5.41) is 0. The van der Waals surface area contributed by atoms with Crippen LogP contribution in [-0.2, 0) is 4.74 Å². The number of benzene rings is 1. The summed E-state index contributed by atoms with van der Waals surface area (Å²) in [6, 6.07) is 4.12. The van der Waals surface area contributed by atoms with Gasteiger partial charge < -0.3 is 10.5 Å². The molecule has 0 radical (unpaired) electrons. The summed E-state index contributed by atoms with van der Waals surface area (Å²) < 4.78 is 18.4. The number of carbonyl (C=O) groups is 1. The number of hydrogen-bond acceptors (Lipinski definition) is 3. The van der Waals surface area contributed by atoms with E-state index in [4.69, 9.17) is 10.5 Å².